The molecule has 10 unspecified atom stereocenters. The molecule has 0 bridgehead atoms. The second kappa shape index (κ2) is 17.0. The summed E-state index contributed by atoms with van der Waals surface area (Å²) in [4.78, 5) is 29.0. The molecule has 0 aromatic carbocycles. The quantitative estimate of drug-likeness (QED) is 0.188. The molecule has 18 atom stereocenters. The Morgan fingerprint density at radius 2 is 1.57 bits per heavy atom. The zero-order valence-electron chi connectivity index (χ0n) is 35.4. The molecule has 0 amide bonds. The summed E-state index contributed by atoms with van der Waals surface area (Å²) in [5.74, 6) is -5.45. The van der Waals surface area contributed by atoms with E-state index in [1.54, 1.807) is 48.5 Å². The lowest BCUT2D eigenvalue weighted by Gasteiger charge is -2.49. The van der Waals surface area contributed by atoms with Gasteiger partial charge in [0.05, 0.1) is 47.6 Å². The predicted molar refractivity (Wildman–Crippen MR) is 186 cm³/mol. The number of nitrogens with zero attached hydrogens (tertiary/aromatic N) is 1. The first kappa shape index (κ1) is 39.4. The van der Waals surface area contributed by atoms with Gasteiger partial charge in [0.1, 0.15) is 29.7 Å². The van der Waals surface area contributed by atoms with Crippen molar-refractivity contribution in [3.8, 4) is 0 Å². The molecule has 3 aliphatic heterocycles. The van der Waals surface area contributed by atoms with Crippen molar-refractivity contribution < 1.29 is 67.7 Å². The van der Waals surface area contributed by atoms with Crippen molar-refractivity contribution in [2.75, 3.05) is 21.1 Å². The molecular weight excluding hydrogens is 667 g/mol. The van der Waals surface area contributed by atoms with Crippen LogP contribution in [0.15, 0.2) is 0 Å². The number of aliphatic hydroxyl groups excluding tert-OH is 3. The van der Waals surface area contributed by atoms with Crippen molar-refractivity contribution in [3.05, 3.63) is 0 Å². The maximum atomic E-state index is 14.1. The molecule has 0 saturated carbocycles. The summed E-state index contributed by atoms with van der Waals surface area (Å²) in [6.07, 6.45) is -11.7. The van der Waals surface area contributed by atoms with Crippen LogP contribution in [0, 0.1) is 23.7 Å². The van der Waals surface area contributed by atoms with Gasteiger partial charge in [-0.15, -0.1) is 0 Å². The monoisotopic (exact) mass is 737 g/mol. The summed E-state index contributed by atoms with van der Waals surface area (Å²) in [6, 6.07) is -0.928. The highest BCUT2D eigenvalue weighted by molar-refractivity contribution is 5.83. The first-order chi connectivity index (χ1) is 24.6. The van der Waals surface area contributed by atoms with Crippen molar-refractivity contribution in [2.45, 2.75) is 179 Å². The molecule has 0 aromatic heterocycles. The standard InChI is InChI=1S/C37H67NO13/c1-14-25-37(10,45)30(41)20(4)27(39)18(2)16-35(8,44)32(51-34-28(40)24(38(11)12)15-19(3)47-34)21(5)29(22(6)33(43)49-25)50-26-17-36(9,46-13)31(42)23(7)48-26/h18-26,28-32,34,40-42,44-45H,14-17H2,1-13H3/t18-,19?,20+,21+,22-,23?,24?,25?,26?,28?,29?,30-,31?,32-,34?,35-,36?,37-/m1/s1/i11+1D3. The number of ether oxygens (including phenoxy) is 6. The molecule has 51 heavy (non-hydrogen) atoms. The average Bonchev–Trinajstić information content (AvgIpc) is 3.08. The van der Waals surface area contributed by atoms with E-state index in [1.807, 2.05) is 0 Å². The van der Waals surface area contributed by atoms with Gasteiger partial charge in [-0.05, 0) is 74.8 Å². The van der Waals surface area contributed by atoms with Gasteiger partial charge in [0.2, 0.25) is 0 Å². The molecule has 3 rings (SSSR count). The molecule has 3 aliphatic rings. The van der Waals surface area contributed by atoms with E-state index in [2.05, 4.69) is 0 Å². The zero-order valence-corrected chi connectivity index (χ0v) is 32.4. The summed E-state index contributed by atoms with van der Waals surface area (Å²) >= 11 is 0. The van der Waals surface area contributed by atoms with Gasteiger partial charge in [-0.2, -0.15) is 0 Å². The van der Waals surface area contributed by atoms with E-state index < -0.39 is 127 Å². The third-order valence-electron chi connectivity index (χ3n) is 11.7. The van der Waals surface area contributed by atoms with E-state index >= 15 is 0 Å². The van der Waals surface area contributed by atoms with Gasteiger partial charge in [0.15, 0.2) is 12.6 Å². The topological polar surface area (TPSA) is 194 Å². The summed E-state index contributed by atoms with van der Waals surface area (Å²) in [7, 11) is 2.82. The van der Waals surface area contributed by atoms with E-state index in [1.165, 1.54) is 34.9 Å². The summed E-state index contributed by atoms with van der Waals surface area (Å²) in [6.45, 7) is 13.2. The Kier molecular flexibility index (Phi) is 13.1. The normalized spacial score (nSPS) is 50.9. The molecule has 0 aliphatic carbocycles. The maximum absolute atomic E-state index is 14.1. The van der Waals surface area contributed by atoms with Gasteiger partial charge in [-0.1, -0.05) is 27.7 Å². The van der Waals surface area contributed by atoms with Crippen LogP contribution in [0.1, 0.15) is 99.0 Å². The highest BCUT2D eigenvalue weighted by atomic mass is 16.7. The maximum Gasteiger partial charge on any atom is 0.311 e. The lowest BCUT2D eigenvalue weighted by Crippen LogP contribution is -2.61. The molecule has 3 fully saturated rings. The van der Waals surface area contributed by atoms with Crippen molar-refractivity contribution in [3.63, 3.8) is 0 Å². The number of carbonyl (C=O) groups is 2. The Morgan fingerprint density at radius 1 is 0.941 bits per heavy atom. The fraction of sp³-hybridized carbons (Fsp3) is 0.946. The number of Topliss-reactive ketones (excluding diaryl/α,β-unsaturated/α-hetero) is 1. The molecule has 0 spiro atoms. The number of hydrogen-bond acceptors (Lipinski definition) is 14. The smallest absolute Gasteiger partial charge is 0.311 e. The Hall–Kier alpha value is -1.30. The minimum absolute atomic E-state index is 0.0366. The minimum atomic E-state index is -2.55. The van der Waals surface area contributed by atoms with E-state index in [-0.39, 0.29) is 25.7 Å². The van der Waals surface area contributed by atoms with Crippen LogP contribution in [-0.2, 0) is 38.0 Å². The number of cyclic esters (lactones) is 1. The molecule has 3 saturated heterocycles. The Morgan fingerprint density at radius 3 is 2.14 bits per heavy atom. The largest absolute Gasteiger partial charge is 0.459 e. The van der Waals surface area contributed by atoms with Crippen LogP contribution in [0.3, 0.4) is 0 Å². The summed E-state index contributed by atoms with van der Waals surface area (Å²) in [5, 5.41) is 57.8. The van der Waals surface area contributed by atoms with Gasteiger partial charge in [0, 0.05) is 41.4 Å². The van der Waals surface area contributed by atoms with Crippen molar-refractivity contribution in [1.29, 1.82) is 0 Å². The number of rotatable bonds is 7. The van der Waals surface area contributed by atoms with Gasteiger partial charge in [0.25, 0.3) is 0 Å². The van der Waals surface area contributed by atoms with Crippen molar-refractivity contribution >= 4 is 11.8 Å². The first-order valence-electron chi connectivity index (χ1n) is 19.8. The third kappa shape index (κ3) is 9.51. The van der Waals surface area contributed by atoms with Crippen LogP contribution in [-0.4, -0.2) is 148 Å². The molecular formula is C37H67NO13. The van der Waals surface area contributed by atoms with Crippen molar-refractivity contribution in [2.24, 2.45) is 23.7 Å². The number of carbonyl (C=O) groups excluding carboxylic acids is 2. The lowest BCUT2D eigenvalue weighted by molar-refractivity contribution is -0.318. The molecule has 298 valence electrons. The lowest BCUT2D eigenvalue weighted by atomic mass is 9.74. The van der Waals surface area contributed by atoms with E-state index in [9.17, 15) is 35.1 Å². The SMILES string of the molecule is [2H][13C]([2H])([2H])N(C)C1CC(C)OC(O[C@@H]2[C@@H](C)C(OC3CC(C)(OC)C(O)C(C)O3)[C@@H](C)C(=O)OC(CC)[C@@](C)(O)[C@H](O)[C@@H](C)C(=O)[C@H](C)C[C@@]2(C)O)C1O. The summed E-state index contributed by atoms with van der Waals surface area (Å²) in [5.41, 5.74) is -5.07. The Balaban J connectivity index is 2.20. The fourth-order valence-electron chi connectivity index (χ4n) is 8.28. The Bertz CT molecular complexity index is 1270. The number of esters is 1. The number of aliphatic hydroxyl groups is 5. The minimum Gasteiger partial charge on any atom is -0.459 e. The number of hydrogen-bond donors (Lipinski definition) is 5. The molecule has 5 N–H and O–H groups in total. The highest BCUT2D eigenvalue weighted by Gasteiger charge is 2.53. The zero-order chi connectivity index (χ0) is 41.5. The summed E-state index contributed by atoms with van der Waals surface area (Å²) < 4.78 is 60.7. The second-order valence-corrected chi connectivity index (χ2v) is 16.1. The number of likely N-dealkylation sites (N-methyl/N-ethyl adjacent to an activating group) is 1. The highest BCUT2D eigenvalue weighted by Crippen LogP contribution is 2.40. The van der Waals surface area contributed by atoms with Gasteiger partial charge >= 0.3 is 5.97 Å². The van der Waals surface area contributed by atoms with E-state index in [0.29, 0.717) is 0 Å². The van der Waals surface area contributed by atoms with Crippen LogP contribution < -0.4 is 0 Å². The average molecular weight is 738 g/mol. The van der Waals surface area contributed by atoms with Crippen LogP contribution in [0.4, 0.5) is 0 Å². The molecule has 0 radical (unpaired) electrons. The van der Waals surface area contributed by atoms with Crippen LogP contribution >= 0.6 is 0 Å². The molecule has 0 aromatic rings. The Labute approximate surface area is 308 Å². The molecule has 14 heteroatoms. The van der Waals surface area contributed by atoms with Gasteiger partial charge in [-0.25, -0.2) is 0 Å². The fourth-order valence-corrected chi connectivity index (χ4v) is 8.28. The third-order valence-corrected chi connectivity index (χ3v) is 11.7. The van der Waals surface area contributed by atoms with Crippen LogP contribution in [0.25, 0.3) is 0 Å². The number of ketones is 1. The number of methoxy groups -OCH3 is 1. The molecule has 3 heterocycles. The first-order valence-corrected chi connectivity index (χ1v) is 18.3. The second-order valence-electron chi connectivity index (χ2n) is 16.1. The molecule has 14 nitrogen and oxygen atoms in total. The van der Waals surface area contributed by atoms with E-state index in [4.69, 9.17) is 32.5 Å². The van der Waals surface area contributed by atoms with Crippen molar-refractivity contribution in [1.82, 2.24) is 4.90 Å². The van der Waals surface area contributed by atoms with Gasteiger partial charge in [-0.3, -0.25) is 9.59 Å². The van der Waals surface area contributed by atoms with Crippen LogP contribution in [0.2, 0.25) is 0 Å². The van der Waals surface area contributed by atoms with E-state index in [0.717, 1.165) is 4.90 Å². The van der Waals surface area contributed by atoms with Gasteiger partial charge < -0.3 is 58.9 Å². The van der Waals surface area contributed by atoms with Crippen LogP contribution in [0.5, 0.6) is 0 Å². The predicted octanol–water partition coefficient (Wildman–Crippen LogP) is 1.79.